The summed E-state index contributed by atoms with van der Waals surface area (Å²) in [5.74, 6) is -0.192. The van der Waals surface area contributed by atoms with Crippen LogP contribution in [0.2, 0.25) is 0 Å². The maximum absolute atomic E-state index is 12.2. The Hall–Kier alpha value is -2.08. The van der Waals surface area contributed by atoms with E-state index in [0.29, 0.717) is 11.3 Å². The highest BCUT2D eigenvalue weighted by Crippen LogP contribution is 2.31. The van der Waals surface area contributed by atoms with E-state index in [2.05, 4.69) is 8.75 Å². The van der Waals surface area contributed by atoms with Gasteiger partial charge in [0.05, 0.1) is 24.4 Å². The quantitative estimate of drug-likeness (QED) is 0.647. The summed E-state index contributed by atoms with van der Waals surface area (Å²) in [5.41, 5.74) is 0.868. The van der Waals surface area contributed by atoms with Gasteiger partial charge in [-0.1, -0.05) is 6.07 Å². The molecule has 1 aromatic heterocycles. The zero-order chi connectivity index (χ0) is 12.0. The SMILES string of the molecule is COc1cccc2c1C(=O)c1nsnc1C2=O. The molecule has 17 heavy (non-hydrogen) atoms. The van der Waals surface area contributed by atoms with E-state index in [1.807, 2.05) is 0 Å². The van der Waals surface area contributed by atoms with Gasteiger partial charge in [-0.05, 0) is 12.1 Å². The molecule has 5 nitrogen and oxygen atoms in total. The van der Waals surface area contributed by atoms with Crippen molar-refractivity contribution in [3.63, 3.8) is 0 Å². The minimum atomic E-state index is -0.305. The van der Waals surface area contributed by atoms with Gasteiger partial charge in [0.1, 0.15) is 5.75 Å². The average Bonchev–Trinajstić information content (AvgIpc) is 2.84. The summed E-state index contributed by atoms with van der Waals surface area (Å²) < 4.78 is 12.8. The fourth-order valence-corrected chi connectivity index (χ4v) is 2.40. The molecule has 84 valence electrons. The first-order valence-electron chi connectivity index (χ1n) is 4.83. The number of nitrogens with zero attached hydrogens (tertiary/aromatic N) is 2. The van der Waals surface area contributed by atoms with Crippen molar-refractivity contribution < 1.29 is 14.3 Å². The van der Waals surface area contributed by atoms with Crippen molar-refractivity contribution in [1.29, 1.82) is 0 Å². The molecule has 3 rings (SSSR count). The van der Waals surface area contributed by atoms with E-state index in [4.69, 9.17) is 4.74 Å². The van der Waals surface area contributed by atoms with E-state index < -0.39 is 0 Å². The highest BCUT2D eigenvalue weighted by Gasteiger charge is 2.35. The van der Waals surface area contributed by atoms with Gasteiger partial charge in [-0.25, -0.2) is 0 Å². The van der Waals surface area contributed by atoms with Crippen LogP contribution in [0.15, 0.2) is 18.2 Å². The van der Waals surface area contributed by atoms with Crippen molar-refractivity contribution in [3.05, 3.63) is 40.7 Å². The molecule has 1 aliphatic carbocycles. The molecule has 0 radical (unpaired) electrons. The molecular formula is C11H6N2O3S. The van der Waals surface area contributed by atoms with Crippen LogP contribution in [0.5, 0.6) is 5.75 Å². The van der Waals surface area contributed by atoms with E-state index >= 15 is 0 Å². The van der Waals surface area contributed by atoms with Gasteiger partial charge in [0, 0.05) is 5.56 Å². The molecule has 0 amide bonds. The minimum Gasteiger partial charge on any atom is -0.496 e. The monoisotopic (exact) mass is 246 g/mol. The second kappa shape index (κ2) is 3.46. The van der Waals surface area contributed by atoms with Crippen LogP contribution >= 0.6 is 11.7 Å². The molecule has 0 bridgehead atoms. The average molecular weight is 246 g/mol. The number of carbonyl (C=O) groups excluding carboxylic acids is 2. The minimum absolute atomic E-state index is 0.122. The van der Waals surface area contributed by atoms with Gasteiger partial charge < -0.3 is 4.74 Å². The Kier molecular flexibility index (Phi) is 2.05. The number of ketones is 2. The summed E-state index contributed by atoms with van der Waals surface area (Å²) in [6.07, 6.45) is 0. The topological polar surface area (TPSA) is 69.2 Å². The summed E-state index contributed by atoms with van der Waals surface area (Å²) >= 11 is 0.864. The van der Waals surface area contributed by atoms with Crippen molar-refractivity contribution >= 4 is 23.3 Å². The van der Waals surface area contributed by atoms with Crippen LogP contribution in [-0.2, 0) is 0 Å². The first-order chi connectivity index (χ1) is 8.24. The first kappa shape index (κ1) is 10.1. The lowest BCUT2D eigenvalue weighted by Gasteiger charge is -2.14. The van der Waals surface area contributed by atoms with Crippen LogP contribution in [0.25, 0.3) is 0 Å². The molecule has 1 heterocycles. The van der Waals surface area contributed by atoms with Gasteiger partial charge in [-0.3, -0.25) is 9.59 Å². The smallest absolute Gasteiger partial charge is 0.219 e. The Morgan fingerprint density at radius 3 is 2.53 bits per heavy atom. The molecule has 0 saturated heterocycles. The van der Waals surface area contributed by atoms with Crippen LogP contribution in [0.3, 0.4) is 0 Å². The zero-order valence-electron chi connectivity index (χ0n) is 8.76. The third-order valence-electron chi connectivity index (χ3n) is 2.64. The summed E-state index contributed by atoms with van der Waals surface area (Å²) in [4.78, 5) is 24.2. The second-order valence-corrected chi connectivity index (χ2v) is 4.03. The van der Waals surface area contributed by atoms with Crippen LogP contribution in [-0.4, -0.2) is 27.4 Å². The van der Waals surface area contributed by atoms with Gasteiger partial charge in [-0.2, -0.15) is 8.75 Å². The Balaban J connectivity index is 2.34. The van der Waals surface area contributed by atoms with E-state index in [-0.39, 0.29) is 28.5 Å². The molecule has 0 unspecified atom stereocenters. The van der Waals surface area contributed by atoms with Gasteiger partial charge in [0.15, 0.2) is 11.4 Å². The van der Waals surface area contributed by atoms with Crippen molar-refractivity contribution in [2.75, 3.05) is 7.11 Å². The maximum atomic E-state index is 12.2. The summed E-state index contributed by atoms with van der Waals surface area (Å²) in [6.45, 7) is 0. The van der Waals surface area contributed by atoms with Gasteiger partial charge in [0.2, 0.25) is 11.6 Å². The van der Waals surface area contributed by atoms with Crippen LogP contribution in [0.4, 0.5) is 0 Å². The molecule has 0 fully saturated rings. The van der Waals surface area contributed by atoms with E-state index in [0.717, 1.165) is 11.7 Å². The highest BCUT2D eigenvalue weighted by molar-refractivity contribution is 6.99. The predicted octanol–water partition coefficient (Wildman–Crippen LogP) is 1.32. The molecule has 6 heteroatoms. The number of ether oxygens (including phenoxy) is 1. The third-order valence-corrected chi connectivity index (χ3v) is 3.16. The van der Waals surface area contributed by atoms with Gasteiger partial charge >= 0.3 is 0 Å². The molecule has 0 atom stereocenters. The van der Waals surface area contributed by atoms with Crippen LogP contribution in [0.1, 0.15) is 32.1 Å². The fraction of sp³-hybridized carbons (Fsp3) is 0.0909. The summed E-state index contributed by atoms with van der Waals surface area (Å²) in [7, 11) is 1.46. The van der Waals surface area contributed by atoms with E-state index in [9.17, 15) is 9.59 Å². The Labute approximate surface area is 100 Å². The maximum Gasteiger partial charge on any atom is 0.219 e. The molecule has 0 aliphatic heterocycles. The van der Waals surface area contributed by atoms with Crippen molar-refractivity contribution in [3.8, 4) is 5.75 Å². The molecule has 0 spiro atoms. The lowest BCUT2D eigenvalue weighted by atomic mass is 9.89. The predicted molar refractivity (Wildman–Crippen MR) is 59.8 cm³/mol. The molecule has 0 saturated carbocycles. The van der Waals surface area contributed by atoms with Crippen LogP contribution in [0, 0.1) is 0 Å². The number of benzene rings is 1. The van der Waals surface area contributed by atoms with Crippen molar-refractivity contribution in [2.24, 2.45) is 0 Å². The van der Waals surface area contributed by atoms with Crippen LogP contribution < -0.4 is 4.74 Å². The first-order valence-corrected chi connectivity index (χ1v) is 5.56. The van der Waals surface area contributed by atoms with Gasteiger partial charge in [-0.15, -0.1) is 0 Å². The Morgan fingerprint density at radius 1 is 1.12 bits per heavy atom. The summed E-state index contributed by atoms with van der Waals surface area (Å²) in [6, 6.07) is 4.92. The number of rotatable bonds is 1. The lowest BCUT2D eigenvalue weighted by molar-refractivity contribution is 0.0971. The standard InChI is InChI=1S/C11H6N2O3S/c1-16-6-4-2-3-5-7(6)11(15)9-8(10(5)14)12-17-13-9/h2-4H,1H3. The Bertz CT molecular complexity index is 648. The fourth-order valence-electron chi connectivity index (χ4n) is 1.86. The Morgan fingerprint density at radius 2 is 1.82 bits per heavy atom. The van der Waals surface area contributed by atoms with E-state index in [1.54, 1.807) is 18.2 Å². The number of hydrogen-bond donors (Lipinski definition) is 0. The number of aromatic nitrogens is 2. The molecule has 2 aromatic rings. The second-order valence-electron chi connectivity index (χ2n) is 3.50. The molecular weight excluding hydrogens is 240 g/mol. The number of fused-ring (bicyclic) bond motifs is 2. The number of carbonyl (C=O) groups is 2. The normalized spacial score (nSPS) is 13.2. The van der Waals surface area contributed by atoms with Crippen molar-refractivity contribution in [2.45, 2.75) is 0 Å². The number of methoxy groups -OCH3 is 1. The number of hydrogen-bond acceptors (Lipinski definition) is 6. The highest BCUT2D eigenvalue weighted by atomic mass is 32.1. The van der Waals surface area contributed by atoms with Crippen molar-refractivity contribution in [1.82, 2.24) is 8.75 Å². The molecule has 1 aromatic carbocycles. The zero-order valence-corrected chi connectivity index (χ0v) is 9.58. The largest absolute Gasteiger partial charge is 0.496 e. The molecule has 0 N–H and O–H groups in total. The molecule has 1 aliphatic rings. The van der Waals surface area contributed by atoms with Gasteiger partial charge in [0.25, 0.3) is 0 Å². The summed E-state index contributed by atoms with van der Waals surface area (Å²) in [5, 5.41) is 0. The third kappa shape index (κ3) is 1.24. The lowest BCUT2D eigenvalue weighted by Crippen LogP contribution is -2.21. The van der Waals surface area contributed by atoms with E-state index in [1.165, 1.54) is 7.11 Å².